The molecule has 0 saturated carbocycles. The molecule has 3 aromatic carbocycles. The average Bonchev–Trinajstić information content (AvgIpc) is 3.01. The van der Waals surface area contributed by atoms with Crippen molar-refractivity contribution in [1.82, 2.24) is 9.13 Å². The first-order valence-electron chi connectivity index (χ1n) is 14.1. The first kappa shape index (κ1) is 33.8. The van der Waals surface area contributed by atoms with Crippen molar-refractivity contribution in [3.63, 3.8) is 0 Å². The molecule has 0 fully saturated rings. The fourth-order valence-corrected chi connectivity index (χ4v) is 5.12. The van der Waals surface area contributed by atoms with Crippen LogP contribution in [0.1, 0.15) is 41.1 Å². The van der Waals surface area contributed by atoms with E-state index in [9.17, 15) is 31.9 Å². The first-order chi connectivity index (χ1) is 21.8. The number of benzene rings is 3. The highest BCUT2D eigenvalue weighted by molar-refractivity contribution is 5.69. The largest absolute Gasteiger partial charge is 0.494 e. The van der Waals surface area contributed by atoms with Gasteiger partial charge < -0.3 is 9.84 Å². The van der Waals surface area contributed by atoms with Crippen molar-refractivity contribution in [1.29, 1.82) is 0 Å². The van der Waals surface area contributed by atoms with Gasteiger partial charge in [-0.2, -0.15) is 13.2 Å². The summed E-state index contributed by atoms with van der Waals surface area (Å²) in [4.78, 5) is 43.2. The molecule has 1 atom stereocenters. The maximum Gasteiger partial charge on any atom is 0.416 e. The molecular formula is C33H30F5N3O5. The quantitative estimate of drug-likeness (QED) is 0.115. The van der Waals surface area contributed by atoms with Crippen molar-refractivity contribution in [2.45, 2.75) is 44.9 Å². The van der Waals surface area contributed by atoms with Gasteiger partial charge in [-0.15, -0.1) is 0 Å². The number of halogens is 5. The molecule has 0 bridgehead atoms. The standard InChI is InChI=1S/C33H30F5N3O5/c1-20-29(23-11-6-14-27(46-2)30(23)35)31(44)41(18-22(21-9-4-3-5-10-21)17-39-16-8-15-28(42)43)32(45)40(20)19-24-25(33(36,37)38)12-7-13-26(24)34/h3-7,9-14,17,22H,8,15-16,18-19H2,1-2H3,(H,42,43). The summed E-state index contributed by atoms with van der Waals surface area (Å²) in [5.74, 6) is -4.12. The van der Waals surface area contributed by atoms with Gasteiger partial charge in [-0.3, -0.25) is 23.7 Å². The van der Waals surface area contributed by atoms with Gasteiger partial charge in [0.2, 0.25) is 0 Å². The molecule has 1 unspecified atom stereocenters. The van der Waals surface area contributed by atoms with E-state index in [0.717, 1.165) is 21.3 Å². The highest BCUT2D eigenvalue weighted by atomic mass is 19.4. The summed E-state index contributed by atoms with van der Waals surface area (Å²) < 4.78 is 78.9. The molecule has 4 aromatic rings. The lowest BCUT2D eigenvalue weighted by Crippen LogP contribution is -2.43. The van der Waals surface area contributed by atoms with Gasteiger partial charge in [-0.25, -0.2) is 13.6 Å². The molecule has 242 valence electrons. The van der Waals surface area contributed by atoms with E-state index in [4.69, 9.17) is 9.84 Å². The van der Waals surface area contributed by atoms with Crippen LogP contribution < -0.4 is 16.0 Å². The predicted octanol–water partition coefficient (Wildman–Crippen LogP) is 6.06. The van der Waals surface area contributed by atoms with E-state index in [0.29, 0.717) is 11.6 Å². The van der Waals surface area contributed by atoms with E-state index in [2.05, 4.69) is 4.99 Å². The molecule has 1 aromatic heterocycles. The number of rotatable bonds is 12. The zero-order chi connectivity index (χ0) is 33.6. The maximum atomic E-state index is 15.6. The molecule has 1 heterocycles. The first-order valence-corrected chi connectivity index (χ1v) is 14.1. The molecule has 0 saturated heterocycles. The van der Waals surface area contributed by atoms with Gasteiger partial charge in [0.05, 0.1) is 24.8 Å². The number of hydrogen-bond acceptors (Lipinski definition) is 5. The number of carboxylic acids is 1. The zero-order valence-electron chi connectivity index (χ0n) is 24.9. The normalized spacial score (nSPS) is 12.4. The smallest absolute Gasteiger partial charge is 0.416 e. The summed E-state index contributed by atoms with van der Waals surface area (Å²) >= 11 is 0. The Morgan fingerprint density at radius 1 is 1.00 bits per heavy atom. The minimum Gasteiger partial charge on any atom is -0.494 e. The van der Waals surface area contributed by atoms with Crippen molar-refractivity contribution in [3.8, 4) is 16.9 Å². The minimum absolute atomic E-state index is 0.124. The van der Waals surface area contributed by atoms with Crippen molar-refractivity contribution < 1.29 is 36.6 Å². The number of hydrogen-bond donors (Lipinski definition) is 1. The maximum absolute atomic E-state index is 15.6. The third-order valence-electron chi connectivity index (χ3n) is 7.45. The number of aromatic nitrogens is 2. The third kappa shape index (κ3) is 7.41. The molecule has 46 heavy (non-hydrogen) atoms. The summed E-state index contributed by atoms with van der Waals surface area (Å²) in [6.07, 6.45) is -3.40. The van der Waals surface area contributed by atoms with Gasteiger partial charge in [0.25, 0.3) is 5.56 Å². The number of nitrogens with zero attached hydrogens (tertiary/aromatic N) is 3. The predicted molar refractivity (Wildman–Crippen MR) is 162 cm³/mol. The van der Waals surface area contributed by atoms with Crippen LogP contribution in [0.2, 0.25) is 0 Å². The van der Waals surface area contributed by atoms with Crippen LogP contribution in [0.25, 0.3) is 11.1 Å². The number of carbonyl (C=O) groups is 1. The van der Waals surface area contributed by atoms with Crippen LogP contribution in [0.5, 0.6) is 5.75 Å². The second kappa shape index (κ2) is 14.4. The molecule has 0 spiro atoms. The highest BCUT2D eigenvalue weighted by Gasteiger charge is 2.35. The molecule has 0 aliphatic heterocycles. The van der Waals surface area contributed by atoms with Crippen LogP contribution in [-0.2, 0) is 24.1 Å². The van der Waals surface area contributed by atoms with E-state index in [1.165, 1.54) is 38.4 Å². The fourth-order valence-electron chi connectivity index (χ4n) is 5.12. The second-order valence-corrected chi connectivity index (χ2v) is 10.4. The monoisotopic (exact) mass is 643 g/mol. The van der Waals surface area contributed by atoms with Crippen LogP contribution in [0.4, 0.5) is 22.0 Å². The van der Waals surface area contributed by atoms with Crippen LogP contribution in [-0.4, -0.2) is 40.1 Å². The molecule has 0 amide bonds. The Morgan fingerprint density at radius 3 is 2.35 bits per heavy atom. The SMILES string of the molecule is COc1cccc(-c2c(C)n(Cc3c(F)cccc3C(F)(F)F)c(=O)n(CC(C=NCCCC(=O)O)c3ccccc3)c2=O)c1F. The number of aliphatic imine (C=N–C) groups is 1. The number of carboxylic acid groups (broad SMARTS) is 1. The van der Waals surface area contributed by atoms with E-state index >= 15 is 4.39 Å². The lowest BCUT2D eigenvalue weighted by atomic mass is 9.99. The van der Waals surface area contributed by atoms with Gasteiger partial charge >= 0.3 is 17.8 Å². The van der Waals surface area contributed by atoms with Crippen LogP contribution in [0.15, 0.2) is 81.3 Å². The zero-order valence-corrected chi connectivity index (χ0v) is 24.9. The molecule has 0 aliphatic rings. The molecule has 13 heteroatoms. The summed E-state index contributed by atoms with van der Waals surface area (Å²) in [7, 11) is 1.21. The summed E-state index contributed by atoms with van der Waals surface area (Å²) in [6.45, 7) is 0.126. The molecule has 8 nitrogen and oxygen atoms in total. The van der Waals surface area contributed by atoms with Crippen molar-refractivity contribution in [2.24, 2.45) is 4.99 Å². The van der Waals surface area contributed by atoms with E-state index < -0.39 is 58.6 Å². The second-order valence-electron chi connectivity index (χ2n) is 10.4. The number of aliphatic carboxylic acids is 1. The molecule has 0 aliphatic carbocycles. The Morgan fingerprint density at radius 2 is 1.70 bits per heavy atom. The Hall–Kier alpha value is -5.07. The van der Waals surface area contributed by atoms with Gasteiger partial charge in [0.1, 0.15) is 5.82 Å². The number of ether oxygens (including phenoxy) is 1. The summed E-state index contributed by atoms with van der Waals surface area (Å²) in [6, 6.07) is 15.0. The van der Waals surface area contributed by atoms with Gasteiger partial charge in [-0.05, 0) is 37.1 Å². The number of alkyl halides is 3. The molecule has 1 N–H and O–H groups in total. The lowest BCUT2D eigenvalue weighted by molar-refractivity contribution is -0.138. The van der Waals surface area contributed by atoms with Gasteiger partial charge in [0, 0.05) is 48.5 Å². The minimum atomic E-state index is -4.96. The van der Waals surface area contributed by atoms with Crippen LogP contribution >= 0.6 is 0 Å². The van der Waals surface area contributed by atoms with Crippen molar-refractivity contribution in [3.05, 3.63) is 122 Å². The Bertz CT molecular complexity index is 1870. The van der Waals surface area contributed by atoms with Gasteiger partial charge in [0.15, 0.2) is 11.6 Å². The number of methoxy groups -OCH3 is 1. The lowest BCUT2D eigenvalue weighted by Gasteiger charge is -2.22. The van der Waals surface area contributed by atoms with Crippen molar-refractivity contribution in [2.75, 3.05) is 13.7 Å². The Labute approximate surface area is 260 Å². The fraction of sp³-hybridized carbons (Fsp3) is 0.273. The highest BCUT2D eigenvalue weighted by Crippen LogP contribution is 2.34. The van der Waals surface area contributed by atoms with E-state index in [1.807, 2.05) is 0 Å². The topological polar surface area (TPSA) is 103 Å². The average molecular weight is 644 g/mol. The van der Waals surface area contributed by atoms with Crippen LogP contribution in [0.3, 0.4) is 0 Å². The third-order valence-corrected chi connectivity index (χ3v) is 7.45. The molecule has 0 radical (unpaired) electrons. The summed E-state index contributed by atoms with van der Waals surface area (Å²) in [5, 5.41) is 8.91. The van der Waals surface area contributed by atoms with E-state index in [-0.39, 0.29) is 48.5 Å². The molecule has 4 rings (SSSR count). The Kier molecular flexibility index (Phi) is 10.6. The van der Waals surface area contributed by atoms with E-state index in [1.54, 1.807) is 30.3 Å². The van der Waals surface area contributed by atoms with Crippen molar-refractivity contribution >= 4 is 12.2 Å². The Balaban J connectivity index is 1.96. The molecular weight excluding hydrogens is 613 g/mol. The van der Waals surface area contributed by atoms with Gasteiger partial charge in [-0.1, -0.05) is 48.5 Å². The van der Waals surface area contributed by atoms with Crippen LogP contribution in [0, 0.1) is 18.6 Å². The summed E-state index contributed by atoms with van der Waals surface area (Å²) in [5.41, 5.74) is -4.29.